The molecule has 8 aromatic rings. The molecule has 1 aromatic heterocycles. The van der Waals surface area contributed by atoms with Gasteiger partial charge in [0.05, 0.1) is 11.4 Å². The number of hydrogen-bond donors (Lipinski definition) is 0. The molecule has 0 atom stereocenters. The Balaban J connectivity index is 1.18. The normalized spacial score (nSPS) is 14.5. The fraction of sp³-hybridized carbons (Fsp3) is 0.120. The first-order chi connectivity index (χ1) is 25.3. The zero-order valence-electron chi connectivity index (χ0n) is 29.9. The maximum atomic E-state index is 5.32. The largest absolute Gasteiger partial charge is 0.228 e. The first-order valence-electron chi connectivity index (χ1n) is 18.3. The van der Waals surface area contributed by atoms with E-state index in [0.717, 1.165) is 33.9 Å². The number of aromatic nitrogens is 2. The van der Waals surface area contributed by atoms with Crippen LogP contribution in [0.3, 0.4) is 0 Å². The van der Waals surface area contributed by atoms with Gasteiger partial charge in [-0.2, -0.15) is 0 Å². The summed E-state index contributed by atoms with van der Waals surface area (Å²) in [5.41, 5.74) is 17.9. The van der Waals surface area contributed by atoms with E-state index in [0.29, 0.717) is 0 Å². The van der Waals surface area contributed by atoms with Crippen LogP contribution in [0.4, 0.5) is 0 Å². The lowest BCUT2D eigenvalue weighted by molar-refractivity contribution is 0.660. The molecular weight excluding hydrogens is 629 g/mol. The van der Waals surface area contributed by atoms with E-state index >= 15 is 0 Å². The van der Waals surface area contributed by atoms with Crippen LogP contribution < -0.4 is 0 Å². The molecule has 2 nitrogen and oxygen atoms in total. The predicted molar refractivity (Wildman–Crippen MR) is 216 cm³/mol. The summed E-state index contributed by atoms with van der Waals surface area (Å²) >= 11 is 0. The van der Waals surface area contributed by atoms with E-state index in [4.69, 9.17) is 9.97 Å². The fourth-order valence-electron chi connectivity index (χ4n) is 8.95. The van der Waals surface area contributed by atoms with Gasteiger partial charge in [0.1, 0.15) is 0 Å². The number of benzene rings is 7. The molecular formula is C50H38N2. The standard InChI is InChI=1S/C50H38N2/c1-49(2)41-23-13-12-20-36(41)37-26-25-34(29-43(37)49)45-30-46(52-48(51-45)31-15-6-5-7-16-31)38-21-11-10-19-35(38)39-22-14-24-42-47(39)40-27-32-17-8-9-18-33(32)28-44(40)50(42,3)4/h5-30H,1-4H3. The van der Waals surface area contributed by atoms with E-state index in [9.17, 15) is 0 Å². The predicted octanol–water partition coefficient (Wildman–Crippen LogP) is 12.9. The molecule has 0 radical (unpaired) electrons. The zero-order chi connectivity index (χ0) is 35.2. The van der Waals surface area contributed by atoms with Gasteiger partial charge in [0.25, 0.3) is 0 Å². The Morgan fingerprint density at radius 3 is 1.73 bits per heavy atom. The van der Waals surface area contributed by atoms with Crippen LogP contribution in [0.5, 0.6) is 0 Å². The Morgan fingerprint density at radius 1 is 0.346 bits per heavy atom. The molecule has 0 N–H and O–H groups in total. The Morgan fingerprint density at radius 2 is 0.923 bits per heavy atom. The van der Waals surface area contributed by atoms with Crippen LogP contribution in [0.2, 0.25) is 0 Å². The van der Waals surface area contributed by atoms with E-state index in [1.165, 1.54) is 66.4 Å². The van der Waals surface area contributed by atoms with Crippen LogP contribution in [0.15, 0.2) is 158 Å². The van der Waals surface area contributed by atoms with Gasteiger partial charge >= 0.3 is 0 Å². The highest BCUT2D eigenvalue weighted by Gasteiger charge is 2.38. The molecule has 2 aliphatic carbocycles. The van der Waals surface area contributed by atoms with Crippen LogP contribution in [0.1, 0.15) is 49.9 Å². The molecule has 0 saturated carbocycles. The SMILES string of the molecule is CC1(C)c2ccccc2-c2ccc(-c3cc(-c4ccccc4-c4cccc5c4-c4cc6ccccc6cc4C5(C)C)nc(-c4ccccc4)n3)cc21. The Labute approximate surface area is 305 Å². The zero-order valence-corrected chi connectivity index (χ0v) is 29.9. The van der Waals surface area contributed by atoms with Gasteiger partial charge in [0.2, 0.25) is 0 Å². The van der Waals surface area contributed by atoms with Crippen LogP contribution in [-0.2, 0) is 10.8 Å². The number of fused-ring (bicyclic) bond motifs is 7. The summed E-state index contributed by atoms with van der Waals surface area (Å²) in [6.07, 6.45) is 0. The second-order valence-corrected chi connectivity index (χ2v) is 15.4. The minimum absolute atomic E-state index is 0.101. The number of nitrogens with zero attached hydrogens (tertiary/aromatic N) is 2. The molecule has 0 fully saturated rings. The van der Waals surface area contributed by atoms with Crippen molar-refractivity contribution in [1.82, 2.24) is 9.97 Å². The minimum atomic E-state index is -0.122. The van der Waals surface area contributed by atoms with Crippen molar-refractivity contribution in [3.8, 4) is 67.3 Å². The van der Waals surface area contributed by atoms with Crippen LogP contribution in [0, 0.1) is 0 Å². The summed E-state index contributed by atoms with van der Waals surface area (Å²) < 4.78 is 0. The third-order valence-electron chi connectivity index (χ3n) is 11.7. The molecule has 0 bridgehead atoms. The number of hydrogen-bond acceptors (Lipinski definition) is 2. The average Bonchev–Trinajstić information content (AvgIpc) is 3.56. The lowest BCUT2D eigenvalue weighted by Crippen LogP contribution is -2.15. The van der Waals surface area contributed by atoms with Crippen LogP contribution in [0.25, 0.3) is 78.1 Å². The van der Waals surface area contributed by atoms with E-state index in [1.54, 1.807) is 0 Å². The van der Waals surface area contributed by atoms with E-state index < -0.39 is 0 Å². The number of rotatable bonds is 4. The van der Waals surface area contributed by atoms with Crippen molar-refractivity contribution in [3.05, 3.63) is 180 Å². The molecule has 0 aliphatic heterocycles. The summed E-state index contributed by atoms with van der Waals surface area (Å²) in [6.45, 7) is 9.39. The van der Waals surface area contributed by atoms with E-state index in [2.05, 4.69) is 179 Å². The van der Waals surface area contributed by atoms with Crippen molar-refractivity contribution in [2.75, 3.05) is 0 Å². The van der Waals surface area contributed by atoms with Gasteiger partial charge in [-0.3, -0.25) is 0 Å². The molecule has 0 amide bonds. The highest BCUT2D eigenvalue weighted by atomic mass is 14.9. The molecule has 2 heteroatoms. The summed E-state index contributed by atoms with van der Waals surface area (Å²) in [6, 6.07) is 57.4. The second kappa shape index (κ2) is 11.2. The van der Waals surface area contributed by atoms with Crippen molar-refractivity contribution in [1.29, 1.82) is 0 Å². The summed E-state index contributed by atoms with van der Waals surface area (Å²) in [5, 5.41) is 2.55. The van der Waals surface area contributed by atoms with Gasteiger partial charge in [-0.15, -0.1) is 0 Å². The van der Waals surface area contributed by atoms with Crippen molar-refractivity contribution < 1.29 is 0 Å². The van der Waals surface area contributed by atoms with Gasteiger partial charge in [0, 0.05) is 27.5 Å². The average molecular weight is 667 g/mol. The quantitative estimate of drug-likeness (QED) is 0.187. The summed E-state index contributed by atoms with van der Waals surface area (Å²) in [7, 11) is 0. The van der Waals surface area contributed by atoms with Crippen molar-refractivity contribution >= 4 is 10.8 Å². The van der Waals surface area contributed by atoms with Gasteiger partial charge in [-0.25, -0.2) is 9.97 Å². The molecule has 0 saturated heterocycles. The first-order valence-corrected chi connectivity index (χ1v) is 18.3. The molecule has 52 heavy (non-hydrogen) atoms. The third kappa shape index (κ3) is 4.50. The first kappa shape index (κ1) is 30.7. The fourth-order valence-corrected chi connectivity index (χ4v) is 8.95. The lowest BCUT2D eigenvalue weighted by atomic mass is 9.81. The van der Waals surface area contributed by atoms with Gasteiger partial charge in [-0.1, -0.05) is 161 Å². The molecule has 2 aliphatic rings. The maximum absolute atomic E-state index is 5.32. The van der Waals surface area contributed by atoms with E-state index in [1.807, 2.05) is 6.07 Å². The monoisotopic (exact) mass is 666 g/mol. The van der Waals surface area contributed by atoms with Crippen molar-refractivity contribution in [2.24, 2.45) is 0 Å². The Hall–Kier alpha value is -6.12. The summed E-state index contributed by atoms with van der Waals surface area (Å²) in [5.74, 6) is 0.724. The lowest BCUT2D eigenvalue weighted by Gasteiger charge is -2.22. The van der Waals surface area contributed by atoms with Crippen molar-refractivity contribution in [2.45, 2.75) is 38.5 Å². The van der Waals surface area contributed by atoms with Gasteiger partial charge in [0.15, 0.2) is 5.82 Å². The molecule has 248 valence electrons. The molecule has 10 rings (SSSR count). The van der Waals surface area contributed by atoms with Crippen LogP contribution >= 0.6 is 0 Å². The topological polar surface area (TPSA) is 25.8 Å². The molecule has 0 unspecified atom stereocenters. The third-order valence-corrected chi connectivity index (χ3v) is 11.7. The molecule has 1 heterocycles. The maximum Gasteiger partial charge on any atom is 0.160 e. The highest BCUT2D eigenvalue weighted by Crippen LogP contribution is 2.54. The minimum Gasteiger partial charge on any atom is -0.228 e. The Kier molecular flexibility index (Phi) is 6.60. The van der Waals surface area contributed by atoms with Crippen LogP contribution in [-0.4, -0.2) is 9.97 Å². The smallest absolute Gasteiger partial charge is 0.160 e. The van der Waals surface area contributed by atoms with Gasteiger partial charge in [-0.05, 0) is 90.7 Å². The highest BCUT2D eigenvalue weighted by molar-refractivity contribution is 6.00. The Bertz CT molecular complexity index is 2730. The van der Waals surface area contributed by atoms with Gasteiger partial charge < -0.3 is 0 Å². The van der Waals surface area contributed by atoms with Crippen molar-refractivity contribution in [3.63, 3.8) is 0 Å². The second-order valence-electron chi connectivity index (χ2n) is 15.4. The molecule has 7 aromatic carbocycles. The van der Waals surface area contributed by atoms with E-state index in [-0.39, 0.29) is 10.8 Å². The summed E-state index contributed by atoms with van der Waals surface area (Å²) in [4.78, 5) is 10.6. The molecule has 0 spiro atoms.